The number of furan rings is 1. The topological polar surface area (TPSA) is 101 Å². The fourth-order valence-electron chi connectivity index (χ4n) is 4.63. The molecule has 3 N–H and O–H groups in total. The second-order valence-electron chi connectivity index (χ2n) is 8.06. The number of anilines is 1. The molecule has 1 spiro atoms. The summed E-state index contributed by atoms with van der Waals surface area (Å²) < 4.78 is 7.74. The van der Waals surface area contributed by atoms with Crippen LogP contribution in [0.3, 0.4) is 0 Å². The largest absolute Gasteiger partial charge is 0.450 e. The van der Waals surface area contributed by atoms with Crippen LogP contribution < -0.4 is 16.0 Å². The van der Waals surface area contributed by atoms with E-state index in [0.29, 0.717) is 22.8 Å². The van der Waals surface area contributed by atoms with E-state index in [1.54, 1.807) is 23.0 Å². The lowest BCUT2D eigenvalue weighted by molar-refractivity contribution is 0.0925. The first-order chi connectivity index (χ1) is 14.4. The van der Waals surface area contributed by atoms with Gasteiger partial charge >= 0.3 is 6.03 Å². The number of hydrogen-bond donors (Lipinski definition) is 3. The van der Waals surface area contributed by atoms with Crippen molar-refractivity contribution in [1.82, 2.24) is 20.4 Å². The van der Waals surface area contributed by atoms with Gasteiger partial charge in [0.2, 0.25) is 0 Å². The zero-order valence-corrected chi connectivity index (χ0v) is 17.3. The number of benzene rings is 1. The smallest absolute Gasteiger partial charge is 0.319 e. The molecule has 8 nitrogen and oxygen atoms in total. The molecule has 0 bridgehead atoms. The fourth-order valence-corrected chi connectivity index (χ4v) is 4.89. The molecule has 1 aliphatic carbocycles. The summed E-state index contributed by atoms with van der Waals surface area (Å²) in [4.78, 5) is 25.1. The van der Waals surface area contributed by atoms with Crippen molar-refractivity contribution in [1.29, 1.82) is 0 Å². The first-order valence-electron chi connectivity index (χ1n) is 10.1. The molecule has 1 aromatic carbocycles. The molecule has 5 rings (SSSR count). The zero-order chi connectivity index (χ0) is 20.9. The highest BCUT2D eigenvalue weighted by Gasteiger charge is 2.43. The Kier molecular flexibility index (Phi) is 4.47. The summed E-state index contributed by atoms with van der Waals surface area (Å²) in [5.74, 6) is -0.105. The van der Waals surface area contributed by atoms with Crippen LogP contribution in [0.25, 0.3) is 11.0 Å². The lowest BCUT2D eigenvalue weighted by Crippen LogP contribution is -2.52. The van der Waals surface area contributed by atoms with Crippen LogP contribution in [-0.4, -0.2) is 21.7 Å². The number of aryl methyl sites for hydroxylation is 1. The standard InChI is InChI=1S/C21H22ClN5O3/c1-27-11-12(10-24-27)9-23-19(28)15-8-13-7-14(22)17-16(18(13)30-15)21(26-20(29)25-17)5-3-2-4-6-21/h7-8,10-11H,2-6,9H2,1H3,(H,23,28)(H2,25,26,29). The minimum absolute atomic E-state index is 0.209. The van der Waals surface area contributed by atoms with Crippen molar-refractivity contribution in [3.8, 4) is 0 Å². The van der Waals surface area contributed by atoms with E-state index < -0.39 is 5.54 Å². The number of carbonyl (C=O) groups excluding carboxylic acids is 2. The van der Waals surface area contributed by atoms with Gasteiger partial charge in [0.15, 0.2) is 5.76 Å². The number of halogens is 1. The summed E-state index contributed by atoms with van der Waals surface area (Å²) in [5.41, 5.74) is 2.38. The van der Waals surface area contributed by atoms with E-state index in [1.807, 2.05) is 13.2 Å². The van der Waals surface area contributed by atoms with Gasteiger partial charge in [-0.3, -0.25) is 9.48 Å². The maximum Gasteiger partial charge on any atom is 0.319 e. The summed E-state index contributed by atoms with van der Waals surface area (Å²) in [7, 11) is 1.82. The maximum atomic E-state index is 12.7. The first-order valence-corrected chi connectivity index (χ1v) is 10.4. The van der Waals surface area contributed by atoms with Gasteiger partial charge in [0, 0.05) is 36.3 Å². The first kappa shape index (κ1) is 19.0. The molecule has 0 saturated heterocycles. The number of nitrogens with zero attached hydrogens (tertiary/aromatic N) is 2. The van der Waals surface area contributed by atoms with Crippen LogP contribution >= 0.6 is 11.6 Å². The normalized spacial score (nSPS) is 17.5. The van der Waals surface area contributed by atoms with Crippen LogP contribution in [-0.2, 0) is 19.1 Å². The third-order valence-electron chi connectivity index (χ3n) is 5.97. The van der Waals surface area contributed by atoms with Crippen LogP contribution in [0.5, 0.6) is 0 Å². The van der Waals surface area contributed by atoms with Crippen LogP contribution in [0.15, 0.2) is 28.9 Å². The minimum Gasteiger partial charge on any atom is -0.450 e. The zero-order valence-electron chi connectivity index (χ0n) is 16.5. The molecular weight excluding hydrogens is 406 g/mol. The summed E-state index contributed by atoms with van der Waals surface area (Å²) in [5, 5.41) is 14.1. The van der Waals surface area contributed by atoms with Gasteiger partial charge in [-0.25, -0.2) is 4.79 Å². The molecule has 0 atom stereocenters. The van der Waals surface area contributed by atoms with Crippen LogP contribution in [0.4, 0.5) is 10.5 Å². The Labute approximate surface area is 177 Å². The van der Waals surface area contributed by atoms with Gasteiger partial charge in [0.1, 0.15) is 5.58 Å². The van der Waals surface area contributed by atoms with Crippen molar-refractivity contribution < 1.29 is 14.0 Å². The van der Waals surface area contributed by atoms with Crippen molar-refractivity contribution in [2.75, 3.05) is 5.32 Å². The Morgan fingerprint density at radius 2 is 2.13 bits per heavy atom. The van der Waals surface area contributed by atoms with Crippen molar-refractivity contribution >= 4 is 40.2 Å². The average Bonchev–Trinajstić information content (AvgIpc) is 3.32. The predicted molar refractivity (Wildman–Crippen MR) is 113 cm³/mol. The second-order valence-corrected chi connectivity index (χ2v) is 8.47. The molecule has 30 heavy (non-hydrogen) atoms. The lowest BCUT2D eigenvalue weighted by atomic mass is 9.74. The van der Waals surface area contributed by atoms with Crippen molar-refractivity contribution in [2.45, 2.75) is 44.2 Å². The van der Waals surface area contributed by atoms with Crippen molar-refractivity contribution in [3.05, 3.63) is 46.4 Å². The Bertz CT molecular complexity index is 1160. The second kappa shape index (κ2) is 7.05. The molecule has 3 aromatic rings. The number of amides is 3. The van der Waals surface area contributed by atoms with Crippen LogP contribution in [0.2, 0.25) is 5.02 Å². The van der Waals surface area contributed by atoms with Gasteiger partial charge in [0.05, 0.1) is 22.4 Å². The maximum absolute atomic E-state index is 12.7. The Balaban J connectivity index is 1.54. The highest BCUT2D eigenvalue weighted by atomic mass is 35.5. The Morgan fingerprint density at radius 3 is 2.87 bits per heavy atom. The molecule has 9 heteroatoms. The van der Waals surface area contributed by atoms with Gasteiger partial charge in [-0.2, -0.15) is 5.10 Å². The van der Waals surface area contributed by atoms with E-state index >= 15 is 0 Å². The highest BCUT2D eigenvalue weighted by Crippen LogP contribution is 2.48. The molecule has 3 amide bonds. The molecule has 1 aliphatic heterocycles. The molecule has 0 radical (unpaired) electrons. The summed E-state index contributed by atoms with van der Waals surface area (Å²) in [6, 6.07) is 3.18. The van der Waals surface area contributed by atoms with Gasteiger partial charge in [0.25, 0.3) is 5.91 Å². The predicted octanol–water partition coefficient (Wildman–Crippen LogP) is 4.04. The number of rotatable bonds is 3. The number of aromatic nitrogens is 2. The van der Waals surface area contributed by atoms with E-state index in [0.717, 1.165) is 48.6 Å². The summed E-state index contributed by atoms with van der Waals surface area (Å²) >= 11 is 6.53. The van der Waals surface area contributed by atoms with E-state index in [1.165, 1.54) is 0 Å². The lowest BCUT2D eigenvalue weighted by Gasteiger charge is -2.42. The van der Waals surface area contributed by atoms with Gasteiger partial charge in [-0.1, -0.05) is 30.9 Å². The van der Waals surface area contributed by atoms with E-state index in [-0.39, 0.29) is 17.7 Å². The fraction of sp³-hybridized carbons (Fsp3) is 0.381. The molecule has 156 valence electrons. The molecule has 3 heterocycles. The number of urea groups is 1. The van der Waals surface area contributed by atoms with E-state index in [4.69, 9.17) is 16.0 Å². The highest BCUT2D eigenvalue weighted by molar-refractivity contribution is 6.35. The minimum atomic E-state index is -0.527. The number of fused-ring (bicyclic) bond motifs is 4. The van der Waals surface area contributed by atoms with E-state index in [2.05, 4.69) is 21.0 Å². The quantitative estimate of drug-likeness (QED) is 0.587. The van der Waals surface area contributed by atoms with Gasteiger partial charge < -0.3 is 20.4 Å². The average molecular weight is 428 g/mol. The third-order valence-corrected chi connectivity index (χ3v) is 6.27. The monoisotopic (exact) mass is 427 g/mol. The molecule has 2 aliphatic rings. The number of nitrogens with one attached hydrogen (secondary N) is 3. The summed E-state index contributed by atoms with van der Waals surface area (Å²) in [6.07, 6.45) is 8.31. The molecule has 2 aromatic heterocycles. The summed E-state index contributed by atoms with van der Waals surface area (Å²) in [6.45, 7) is 0.351. The number of hydrogen-bond acceptors (Lipinski definition) is 4. The molecule has 1 fully saturated rings. The molecular formula is C21H22ClN5O3. The van der Waals surface area contributed by atoms with Crippen LogP contribution in [0, 0.1) is 0 Å². The van der Waals surface area contributed by atoms with Crippen molar-refractivity contribution in [3.63, 3.8) is 0 Å². The Hall–Kier alpha value is -3.00. The SMILES string of the molecule is Cn1cc(CNC(=O)c2cc3cc(Cl)c4c(c3o2)C2(CCCCC2)NC(=O)N4)cn1. The Morgan fingerprint density at radius 1 is 1.33 bits per heavy atom. The van der Waals surface area contributed by atoms with Gasteiger partial charge in [-0.05, 0) is 25.0 Å². The third kappa shape index (κ3) is 3.11. The van der Waals surface area contributed by atoms with Gasteiger partial charge in [-0.15, -0.1) is 0 Å². The van der Waals surface area contributed by atoms with Crippen molar-refractivity contribution in [2.24, 2.45) is 7.05 Å². The molecule has 0 unspecified atom stereocenters. The molecule has 1 saturated carbocycles. The van der Waals surface area contributed by atoms with Crippen LogP contribution in [0.1, 0.15) is 53.8 Å². The van der Waals surface area contributed by atoms with E-state index in [9.17, 15) is 9.59 Å². The number of carbonyl (C=O) groups is 2.